The number of ether oxygens (including phenoxy) is 1. The molecule has 0 fully saturated rings. The molecule has 0 aromatic heterocycles. The third-order valence-corrected chi connectivity index (χ3v) is 2.83. The number of benzene rings is 1. The summed E-state index contributed by atoms with van der Waals surface area (Å²) in [4.78, 5) is 12.8. The van der Waals surface area contributed by atoms with Gasteiger partial charge in [0.05, 0.1) is 13.7 Å². The summed E-state index contributed by atoms with van der Waals surface area (Å²) in [6.07, 6.45) is 0. The second-order valence-electron chi connectivity index (χ2n) is 5.23. The Morgan fingerprint density at radius 2 is 1.94 bits per heavy atom. The molecule has 1 aromatic rings. The Morgan fingerprint density at radius 1 is 1.33 bits per heavy atom. The smallest absolute Gasteiger partial charge is 0.317 e. The number of nitrogens with zero attached hydrogens (tertiary/aromatic N) is 1. The highest BCUT2D eigenvalue weighted by Gasteiger charge is 2.24. The van der Waals surface area contributed by atoms with Crippen LogP contribution in [0.1, 0.15) is 26.3 Å². The number of hydrogen-bond acceptors (Lipinski definition) is 3. The zero-order valence-electron chi connectivity index (χ0n) is 11.4. The van der Waals surface area contributed by atoms with Crippen LogP contribution in [-0.4, -0.2) is 35.2 Å². The first-order valence-corrected chi connectivity index (χ1v) is 5.93. The van der Waals surface area contributed by atoms with E-state index in [-0.39, 0.29) is 12.1 Å². The van der Waals surface area contributed by atoms with E-state index in [4.69, 9.17) is 9.84 Å². The minimum atomic E-state index is -0.820. The highest BCUT2D eigenvalue weighted by molar-refractivity contribution is 5.69. The maximum absolute atomic E-state index is 10.9. The molecule has 0 unspecified atom stereocenters. The Labute approximate surface area is 108 Å². The van der Waals surface area contributed by atoms with Crippen LogP contribution in [0.4, 0.5) is 0 Å². The standard InChI is InChI=1S/C14H21NO3/c1-14(2,3)15(10-13(16)17)9-11-7-5-6-8-12(11)18-4/h5-8H,9-10H2,1-4H3,(H,16,17). The monoisotopic (exact) mass is 251 g/mol. The third-order valence-electron chi connectivity index (χ3n) is 2.83. The Kier molecular flexibility index (Phi) is 4.73. The largest absolute Gasteiger partial charge is 0.496 e. The second kappa shape index (κ2) is 5.87. The lowest BCUT2D eigenvalue weighted by Gasteiger charge is -2.34. The maximum atomic E-state index is 10.9. The van der Waals surface area contributed by atoms with Crippen LogP contribution in [0.15, 0.2) is 24.3 Å². The normalized spacial score (nSPS) is 11.6. The van der Waals surface area contributed by atoms with Gasteiger partial charge in [-0.1, -0.05) is 18.2 Å². The summed E-state index contributed by atoms with van der Waals surface area (Å²) >= 11 is 0. The fourth-order valence-electron chi connectivity index (χ4n) is 1.73. The van der Waals surface area contributed by atoms with Crippen LogP contribution < -0.4 is 4.74 Å². The van der Waals surface area contributed by atoms with Crippen molar-refractivity contribution in [2.45, 2.75) is 32.9 Å². The number of carboxylic acids is 1. The molecule has 0 aliphatic heterocycles. The van der Waals surface area contributed by atoms with Gasteiger partial charge in [0.15, 0.2) is 0 Å². The fraction of sp³-hybridized carbons (Fsp3) is 0.500. The van der Waals surface area contributed by atoms with E-state index in [0.717, 1.165) is 11.3 Å². The van der Waals surface area contributed by atoms with Gasteiger partial charge < -0.3 is 9.84 Å². The van der Waals surface area contributed by atoms with E-state index in [1.54, 1.807) is 7.11 Å². The highest BCUT2D eigenvalue weighted by Crippen LogP contribution is 2.23. The molecule has 1 aromatic carbocycles. The van der Waals surface area contributed by atoms with Gasteiger partial charge in [0.2, 0.25) is 0 Å². The summed E-state index contributed by atoms with van der Waals surface area (Å²) in [6.45, 7) is 6.59. The number of methoxy groups -OCH3 is 1. The average molecular weight is 251 g/mol. The maximum Gasteiger partial charge on any atom is 0.317 e. The van der Waals surface area contributed by atoms with Crippen LogP contribution in [-0.2, 0) is 11.3 Å². The third kappa shape index (κ3) is 4.04. The first-order chi connectivity index (χ1) is 8.34. The minimum Gasteiger partial charge on any atom is -0.496 e. The van der Waals surface area contributed by atoms with Crippen molar-refractivity contribution in [3.8, 4) is 5.75 Å². The van der Waals surface area contributed by atoms with Crippen LogP contribution >= 0.6 is 0 Å². The number of hydrogen-bond donors (Lipinski definition) is 1. The predicted molar refractivity (Wildman–Crippen MR) is 70.8 cm³/mol. The molecule has 0 saturated carbocycles. The molecule has 0 radical (unpaired) electrons. The molecule has 4 nitrogen and oxygen atoms in total. The Balaban J connectivity index is 2.92. The van der Waals surface area contributed by atoms with E-state index in [1.165, 1.54) is 0 Å². The molecule has 100 valence electrons. The average Bonchev–Trinajstić information content (AvgIpc) is 2.27. The molecule has 0 spiro atoms. The van der Waals surface area contributed by atoms with Crippen molar-refractivity contribution in [2.75, 3.05) is 13.7 Å². The summed E-state index contributed by atoms with van der Waals surface area (Å²) in [5.74, 6) is -0.0306. The van der Waals surface area contributed by atoms with E-state index in [0.29, 0.717) is 6.54 Å². The molecule has 0 saturated heterocycles. The van der Waals surface area contributed by atoms with Gasteiger partial charge in [0.1, 0.15) is 5.75 Å². The summed E-state index contributed by atoms with van der Waals surface area (Å²) < 4.78 is 5.29. The van der Waals surface area contributed by atoms with Gasteiger partial charge in [-0.15, -0.1) is 0 Å². The number of aliphatic carboxylic acids is 1. The topological polar surface area (TPSA) is 49.8 Å². The molecular weight excluding hydrogens is 230 g/mol. The SMILES string of the molecule is COc1ccccc1CN(CC(=O)O)C(C)(C)C. The van der Waals surface area contributed by atoms with Gasteiger partial charge in [0.25, 0.3) is 0 Å². The minimum absolute atomic E-state index is 0.0154. The molecule has 0 atom stereocenters. The second-order valence-corrected chi connectivity index (χ2v) is 5.23. The Morgan fingerprint density at radius 3 is 2.44 bits per heavy atom. The van der Waals surface area contributed by atoms with Crippen LogP contribution in [0, 0.1) is 0 Å². The van der Waals surface area contributed by atoms with Gasteiger partial charge in [-0.05, 0) is 26.8 Å². The van der Waals surface area contributed by atoms with Crippen molar-refractivity contribution in [3.63, 3.8) is 0 Å². The summed E-state index contributed by atoms with van der Waals surface area (Å²) in [6, 6.07) is 7.68. The zero-order chi connectivity index (χ0) is 13.8. The fourth-order valence-corrected chi connectivity index (χ4v) is 1.73. The molecule has 4 heteroatoms. The van der Waals surface area contributed by atoms with Crippen molar-refractivity contribution in [2.24, 2.45) is 0 Å². The molecule has 1 rings (SSSR count). The Hall–Kier alpha value is -1.55. The lowest BCUT2D eigenvalue weighted by atomic mass is 10.0. The Bertz CT molecular complexity index is 410. The van der Waals surface area contributed by atoms with Crippen LogP contribution in [0.5, 0.6) is 5.75 Å². The molecule has 1 N–H and O–H groups in total. The van der Waals surface area contributed by atoms with Crippen molar-refractivity contribution < 1.29 is 14.6 Å². The summed E-state index contributed by atoms with van der Waals surface area (Å²) in [5, 5.41) is 8.98. The van der Waals surface area contributed by atoms with E-state index >= 15 is 0 Å². The first kappa shape index (κ1) is 14.5. The molecule has 0 amide bonds. The van der Waals surface area contributed by atoms with Gasteiger partial charge in [-0.25, -0.2) is 0 Å². The van der Waals surface area contributed by atoms with Crippen LogP contribution in [0.3, 0.4) is 0 Å². The molecular formula is C14H21NO3. The molecule has 0 aliphatic rings. The van der Waals surface area contributed by atoms with E-state index in [2.05, 4.69) is 0 Å². The molecule has 0 bridgehead atoms. The molecule has 0 aliphatic carbocycles. The van der Waals surface area contributed by atoms with Gasteiger partial charge in [-0.2, -0.15) is 0 Å². The van der Waals surface area contributed by atoms with Gasteiger partial charge in [-0.3, -0.25) is 9.69 Å². The quantitative estimate of drug-likeness (QED) is 0.873. The number of para-hydroxylation sites is 1. The zero-order valence-corrected chi connectivity index (χ0v) is 11.4. The van der Waals surface area contributed by atoms with E-state index in [1.807, 2.05) is 49.9 Å². The predicted octanol–water partition coefficient (Wildman–Crippen LogP) is 2.38. The molecule has 0 heterocycles. The van der Waals surface area contributed by atoms with Crippen molar-refractivity contribution in [3.05, 3.63) is 29.8 Å². The lowest BCUT2D eigenvalue weighted by Crippen LogP contribution is -2.43. The summed E-state index contributed by atoms with van der Waals surface area (Å²) in [5.41, 5.74) is 0.787. The number of rotatable bonds is 5. The van der Waals surface area contributed by atoms with Crippen molar-refractivity contribution in [1.82, 2.24) is 4.90 Å². The number of carboxylic acid groups (broad SMARTS) is 1. The van der Waals surface area contributed by atoms with Crippen molar-refractivity contribution in [1.29, 1.82) is 0 Å². The van der Waals surface area contributed by atoms with Gasteiger partial charge in [0, 0.05) is 17.6 Å². The highest BCUT2D eigenvalue weighted by atomic mass is 16.5. The number of carbonyl (C=O) groups is 1. The van der Waals surface area contributed by atoms with Gasteiger partial charge >= 0.3 is 5.97 Å². The summed E-state index contributed by atoms with van der Waals surface area (Å²) in [7, 11) is 1.62. The van der Waals surface area contributed by atoms with E-state index < -0.39 is 5.97 Å². The van der Waals surface area contributed by atoms with Crippen LogP contribution in [0.2, 0.25) is 0 Å². The van der Waals surface area contributed by atoms with Crippen LogP contribution in [0.25, 0.3) is 0 Å². The van der Waals surface area contributed by atoms with E-state index in [9.17, 15) is 4.79 Å². The van der Waals surface area contributed by atoms with Crippen molar-refractivity contribution >= 4 is 5.97 Å². The molecule has 18 heavy (non-hydrogen) atoms. The lowest BCUT2D eigenvalue weighted by molar-refractivity contribution is -0.139. The first-order valence-electron chi connectivity index (χ1n) is 5.93.